The molecule has 0 spiro atoms. The molecule has 1 aromatic carbocycles. The minimum Gasteiger partial charge on any atom is -0.345 e. The van der Waals surface area contributed by atoms with Gasteiger partial charge in [0.1, 0.15) is 5.82 Å². The van der Waals surface area contributed by atoms with E-state index in [1.54, 1.807) is 6.07 Å². The van der Waals surface area contributed by atoms with Crippen LogP contribution in [0.2, 0.25) is 0 Å². The van der Waals surface area contributed by atoms with Gasteiger partial charge in [-0.1, -0.05) is 12.1 Å². The third-order valence-electron chi connectivity index (χ3n) is 2.49. The van der Waals surface area contributed by atoms with E-state index in [4.69, 9.17) is 5.73 Å². The summed E-state index contributed by atoms with van der Waals surface area (Å²) in [5.74, 6) is -0.177. The van der Waals surface area contributed by atoms with E-state index in [1.807, 2.05) is 23.8 Å². The molecule has 2 aromatic rings. The van der Waals surface area contributed by atoms with Crippen molar-refractivity contribution in [3.05, 3.63) is 35.8 Å². The molecule has 0 radical (unpaired) electrons. The van der Waals surface area contributed by atoms with Crippen molar-refractivity contribution >= 4 is 10.9 Å². The number of fused-ring (bicyclic) bond motifs is 1. The third-order valence-corrected chi connectivity index (χ3v) is 2.49. The SMILES string of the molecule is CCn1cc(CN)c2cccc(F)c21. The maximum absolute atomic E-state index is 13.5. The van der Waals surface area contributed by atoms with Crippen LogP contribution in [0.1, 0.15) is 12.5 Å². The van der Waals surface area contributed by atoms with Crippen LogP contribution in [0.25, 0.3) is 10.9 Å². The second-order valence-corrected chi connectivity index (χ2v) is 3.28. The summed E-state index contributed by atoms with van der Waals surface area (Å²) < 4.78 is 15.4. The molecule has 2 nitrogen and oxygen atoms in total. The standard InChI is InChI=1S/C11H13FN2/c1-2-14-7-8(6-13)9-4-3-5-10(12)11(9)14/h3-5,7H,2,6,13H2,1H3. The Hall–Kier alpha value is -1.35. The van der Waals surface area contributed by atoms with Gasteiger partial charge in [-0.25, -0.2) is 4.39 Å². The highest BCUT2D eigenvalue weighted by Crippen LogP contribution is 2.23. The van der Waals surface area contributed by atoms with Crippen molar-refractivity contribution in [3.63, 3.8) is 0 Å². The molecular formula is C11H13FN2. The summed E-state index contributed by atoms with van der Waals surface area (Å²) in [5.41, 5.74) is 7.26. The molecule has 1 heterocycles. The molecule has 0 fully saturated rings. The number of nitrogens with two attached hydrogens (primary N) is 1. The van der Waals surface area contributed by atoms with Gasteiger partial charge in [-0.15, -0.1) is 0 Å². The summed E-state index contributed by atoms with van der Waals surface area (Å²) >= 11 is 0. The molecule has 14 heavy (non-hydrogen) atoms. The number of nitrogens with zero attached hydrogens (tertiary/aromatic N) is 1. The normalized spacial score (nSPS) is 11.1. The van der Waals surface area contributed by atoms with Crippen LogP contribution in [0.5, 0.6) is 0 Å². The van der Waals surface area contributed by atoms with E-state index in [9.17, 15) is 4.39 Å². The molecule has 3 heteroatoms. The molecule has 0 aliphatic carbocycles. The molecule has 0 atom stereocenters. The number of halogens is 1. The quantitative estimate of drug-likeness (QED) is 0.777. The fraction of sp³-hybridized carbons (Fsp3) is 0.273. The molecule has 0 aliphatic rings. The smallest absolute Gasteiger partial charge is 0.147 e. The van der Waals surface area contributed by atoms with Crippen molar-refractivity contribution < 1.29 is 4.39 Å². The monoisotopic (exact) mass is 192 g/mol. The molecule has 0 amide bonds. The van der Waals surface area contributed by atoms with E-state index in [-0.39, 0.29) is 5.82 Å². The number of para-hydroxylation sites is 1. The van der Waals surface area contributed by atoms with E-state index in [0.29, 0.717) is 12.1 Å². The van der Waals surface area contributed by atoms with Crippen molar-refractivity contribution in [2.24, 2.45) is 5.73 Å². The first-order valence-electron chi connectivity index (χ1n) is 4.74. The van der Waals surface area contributed by atoms with Gasteiger partial charge in [0.25, 0.3) is 0 Å². The summed E-state index contributed by atoms with van der Waals surface area (Å²) in [6, 6.07) is 5.11. The van der Waals surface area contributed by atoms with Crippen molar-refractivity contribution in [2.75, 3.05) is 0 Å². The molecule has 0 unspecified atom stereocenters. The highest BCUT2D eigenvalue weighted by atomic mass is 19.1. The van der Waals surface area contributed by atoms with Gasteiger partial charge >= 0.3 is 0 Å². The topological polar surface area (TPSA) is 30.9 Å². The first-order chi connectivity index (χ1) is 6.77. The Bertz CT molecular complexity index is 460. The van der Waals surface area contributed by atoms with Gasteiger partial charge in [-0.3, -0.25) is 0 Å². The Labute approximate surface area is 82.1 Å². The number of hydrogen-bond acceptors (Lipinski definition) is 1. The Morgan fingerprint density at radius 2 is 2.21 bits per heavy atom. The molecular weight excluding hydrogens is 179 g/mol. The minimum absolute atomic E-state index is 0.177. The molecule has 0 aliphatic heterocycles. The number of hydrogen-bond donors (Lipinski definition) is 1. The second kappa shape index (κ2) is 3.42. The van der Waals surface area contributed by atoms with Crippen LogP contribution < -0.4 is 5.73 Å². The Kier molecular flexibility index (Phi) is 2.25. The van der Waals surface area contributed by atoms with Crippen molar-refractivity contribution in [2.45, 2.75) is 20.0 Å². The lowest BCUT2D eigenvalue weighted by atomic mass is 10.2. The van der Waals surface area contributed by atoms with Crippen LogP contribution in [0.15, 0.2) is 24.4 Å². The maximum Gasteiger partial charge on any atom is 0.147 e. The molecule has 0 saturated heterocycles. The molecule has 2 N–H and O–H groups in total. The Balaban J connectivity index is 2.82. The van der Waals surface area contributed by atoms with Crippen molar-refractivity contribution in [3.8, 4) is 0 Å². The van der Waals surface area contributed by atoms with Crippen LogP contribution in [-0.2, 0) is 13.1 Å². The number of benzene rings is 1. The zero-order valence-corrected chi connectivity index (χ0v) is 8.13. The van der Waals surface area contributed by atoms with Crippen LogP contribution in [0, 0.1) is 5.82 Å². The van der Waals surface area contributed by atoms with Gasteiger partial charge in [0.15, 0.2) is 0 Å². The summed E-state index contributed by atoms with van der Waals surface area (Å²) in [6.45, 7) is 3.20. The largest absolute Gasteiger partial charge is 0.345 e. The minimum atomic E-state index is -0.177. The predicted octanol–water partition coefficient (Wildman–Crippen LogP) is 2.26. The maximum atomic E-state index is 13.5. The fourth-order valence-electron chi connectivity index (χ4n) is 1.80. The molecule has 0 saturated carbocycles. The first kappa shape index (κ1) is 9.21. The molecule has 0 bridgehead atoms. The first-order valence-corrected chi connectivity index (χ1v) is 4.74. The summed E-state index contributed by atoms with van der Waals surface area (Å²) in [4.78, 5) is 0. The highest BCUT2D eigenvalue weighted by Gasteiger charge is 2.09. The molecule has 74 valence electrons. The Morgan fingerprint density at radius 1 is 1.43 bits per heavy atom. The van der Waals surface area contributed by atoms with E-state index < -0.39 is 0 Å². The van der Waals surface area contributed by atoms with E-state index in [0.717, 1.165) is 17.5 Å². The van der Waals surface area contributed by atoms with E-state index >= 15 is 0 Å². The third kappa shape index (κ3) is 1.21. The van der Waals surface area contributed by atoms with E-state index in [2.05, 4.69) is 0 Å². The summed E-state index contributed by atoms with van der Waals surface area (Å²) in [6.07, 6.45) is 1.92. The van der Waals surface area contributed by atoms with Crippen LogP contribution in [0.3, 0.4) is 0 Å². The van der Waals surface area contributed by atoms with Gasteiger partial charge in [-0.05, 0) is 18.6 Å². The van der Waals surface area contributed by atoms with Crippen LogP contribution in [0.4, 0.5) is 4.39 Å². The van der Waals surface area contributed by atoms with Gasteiger partial charge in [0.05, 0.1) is 5.52 Å². The number of aryl methyl sites for hydroxylation is 1. The van der Waals surface area contributed by atoms with Gasteiger partial charge in [0, 0.05) is 24.7 Å². The zero-order valence-electron chi connectivity index (χ0n) is 8.13. The van der Waals surface area contributed by atoms with Crippen LogP contribution >= 0.6 is 0 Å². The van der Waals surface area contributed by atoms with E-state index in [1.165, 1.54) is 6.07 Å². The predicted molar refractivity (Wildman–Crippen MR) is 55.5 cm³/mol. The van der Waals surface area contributed by atoms with Crippen LogP contribution in [-0.4, -0.2) is 4.57 Å². The lowest BCUT2D eigenvalue weighted by Gasteiger charge is -2.00. The van der Waals surface area contributed by atoms with Crippen molar-refractivity contribution in [1.29, 1.82) is 0 Å². The van der Waals surface area contributed by atoms with Crippen molar-refractivity contribution in [1.82, 2.24) is 4.57 Å². The fourth-order valence-corrected chi connectivity index (χ4v) is 1.80. The number of rotatable bonds is 2. The summed E-state index contributed by atoms with van der Waals surface area (Å²) in [5, 5.41) is 0.925. The average molecular weight is 192 g/mol. The summed E-state index contributed by atoms with van der Waals surface area (Å²) in [7, 11) is 0. The van der Waals surface area contributed by atoms with Gasteiger partial charge < -0.3 is 10.3 Å². The number of aromatic nitrogens is 1. The zero-order chi connectivity index (χ0) is 10.1. The highest BCUT2D eigenvalue weighted by molar-refractivity contribution is 5.84. The Morgan fingerprint density at radius 3 is 2.86 bits per heavy atom. The van der Waals surface area contributed by atoms with Gasteiger partial charge in [-0.2, -0.15) is 0 Å². The van der Waals surface area contributed by atoms with Gasteiger partial charge in [0.2, 0.25) is 0 Å². The molecule has 1 aromatic heterocycles. The lowest BCUT2D eigenvalue weighted by molar-refractivity contribution is 0.626. The second-order valence-electron chi connectivity index (χ2n) is 3.28. The molecule has 2 rings (SSSR count). The average Bonchev–Trinajstić information content (AvgIpc) is 2.57. The lowest BCUT2D eigenvalue weighted by Crippen LogP contribution is -1.95.